The van der Waals surface area contributed by atoms with E-state index in [1.54, 1.807) is 12.1 Å². The van der Waals surface area contributed by atoms with Crippen LogP contribution in [-0.2, 0) is 0 Å². The van der Waals surface area contributed by atoms with Gasteiger partial charge in [0.1, 0.15) is 0 Å². The summed E-state index contributed by atoms with van der Waals surface area (Å²) in [4.78, 5) is 14.1. The Morgan fingerprint density at radius 3 is 2.88 bits per heavy atom. The summed E-state index contributed by atoms with van der Waals surface area (Å²) in [5.74, 6) is 0.0767. The van der Waals surface area contributed by atoms with Crippen LogP contribution in [0.3, 0.4) is 0 Å². The maximum absolute atomic E-state index is 12.3. The lowest BCUT2D eigenvalue weighted by Gasteiger charge is -2.24. The Labute approximate surface area is 107 Å². The molecule has 17 heavy (non-hydrogen) atoms. The van der Waals surface area contributed by atoms with Gasteiger partial charge in [0.25, 0.3) is 5.91 Å². The predicted molar refractivity (Wildman–Crippen MR) is 69.6 cm³/mol. The second-order valence-corrected chi connectivity index (χ2v) is 4.96. The van der Waals surface area contributed by atoms with E-state index in [4.69, 9.17) is 11.6 Å². The molecule has 1 aromatic rings. The Bertz CT molecular complexity index is 427. The van der Waals surface area contributed by atoms with Crippen LogP contribution in [0.15, 0.2) is 18.2 Å². The van der Waals surface area contributed by atoms with Gasteiger partial charge in [0.2, 0.25) is 0 Å². The Balaban J connectivity index is 2.18. The highest BCUT2D eigenvalue weighted by molar-refractivity contribution is 6.30. The highest BCUT2D eigenvalue weighted by Gasteiger charge is 2.24. The van der Waals surface area contributed by atoms with Crippen molar-refractivity contribution in [1.29, 1.82) is 0 Å². The average Bonchev–Trinajstić information content (AvgIpc) is 2.80. The summed E-state index contributed by atoms with van der Waals surface area (Å²) in [6.07, 6.45) is 1.02. The molecule has 1 fully saturated rings. The van der Waals surface area contributed by atoms with Gasteiger partial charge in [0, 0.05) is 30.2 Å². The zero-order valence-corrected chi connectivity index (χ0v) is 10.9. The first-order chi connectivity index (χ1) is 8.09. The zero-order chi connectivity index (χ0) is 12.4. The van der Waals surface area contributed by atoms with E-state index in [1.165, 1.54) is 0 Å². The van der Waals surface area contributed by atoms with Gasteiger partial charge >= 0.3 is 0 Å². The number of likely N-dealkylation sites (N-methyl/N-ethyl adjacent to an activating group) is 1. The topological polar surface area (TPSA) is 32.3 Å². The molecule has 92 valence electrons. The summed E-state index contributed by atoms with van der Waals surface area (Å²) >= 11 is 5.89. The normalized spacial score (nSPS) is 19.4. The molecule has 0 saturated carbocycles. The molecule has 0 bridgehead atoms. The summed E-state index contributed by atoms with van der Waals surface area (Å²) in [6, 6.07) is 5.70. The van der Waals surface area contributed by atoms with Crippen molar-refractivity contribution < 1.29 is 4.79 Å². The van der Waals surface area contributed by atoms with Crippen molar-refractivity contribution >= 4 is 17.5 Å². The van der Waals surface area contributed by atoms with Crippen molar-refractivity contribution in [2.75, 3.05) is 20.1 Å². The molecule has 1 heterocycles. The molecule has 1 unspecified atom stereocenters. The number of aryl methyl sites for hydroxylation is 1. The number of hydrogen-bond acceptors (Lipinski definition) is 2. The standard InChI is InChI=1S/C13H17ClN2O/c1-9-7-10(14)3-4-12(9)13(17)16(2)11-5-6-15-8-11/h3-4,7,11,15H,5-6,8H2,1-2H3. The first-order valence-corrected chi connectivity index (χ1v) is 6.21. The molecule has 0 radical (unpaired) electrons. The van der Waals surface area contributed by atoms with Crippen molar-refractivity contribution in [3.8, 4) is 0 Å². The minimum Gasteiger partial charge on any atom is -0.337 e. The molecular formula is C13H17ClN2O. The van der Waals surface area contributed by atoms with Crippen LogP contribution in [0.1, 0.15) is 22.3 Å². The minimum atomic E-state index is 0.0767. The van der Waals surface area contributed by atoms with Crippen LogP contribution < -0.4 is 5.32 Å². The second-order valence-electron chi connectivity index (χ2n) is 4.52. The van der Waals surface area contributed by atoms with Crippen LogP contribution in [0, 0.1) is 6.92 Å². The molecule has 1 atom stereocenters. The SMILES string of the molecule is Cc1cc(Cl)ccc1C(=O)N(C)C1CCNC1. The molecular weight excluding hydrogens is 236 g/mol. The first-order valence-electron chi connectivity index (χ1n) is 5.83. The number of nitrogens with zero attached hydrogens (tertiary/aromatic N) is 1. The lowest BCUT2D eigenvalue weighted by Crippen LogP contribution is -2.38. The molecule has 1 aliphatic rings. The lowest BCUT2D eigenvalue weighted by atomic mass is 10.1. The van der Waals surface area contributed by atoms with Crippen molar-refractivity contribution in [2.45, 2.75) is 19.4 Å². The van der Waals surface area contributed by atoms with E-state index in [9.17, 15) is 4.79 Å². The number of benzene rings is 1. The van der Waals surface area contributed by atoms with Crippen LogP contribution in [0.4, 0.5) is 0 Å². The number of hydrogen-bond donors (Lipinski definition) is 1. The van der Waals surface area contributed by atoms with Gasteiger partial charge < -0.3 is 10.2 Å². The second kappa shape index (κ2) is 5.07. The minimum absolute atomic E-state index is 0.0767. The molecule has 2 rings (SSSR count). The molecule has 1 saturated heterocycles. The Morgan fingerprint density at radius 1 is 1.53 bits per heavy atom. The van der Waals surface area contributed by atoms with Crippen molar-refractivity contribution in [3.63, 3.8) is 0 Å². The van der Waals surface area contributed by atoms with Gasteiger partial charge in [-0.15, -0.1) is 0 Å². The summed E-state index contributed by atoms with van der Waals surface area (Å²) in [5.41, 5.74) is 1.67. The maximum atomic E-state index is 12.3. The van der Waals surface area contributed by atoms with E-state index in [2.05, 4.69) is 5.32 Å². The van der Waals surface area contributed by atoms with Gasteiger partial charge in [-0.2, -0.15) is 0 Å². The Kier molecular flexibility index (Phi) is 3.69. The fourth-order valence-electron chi connectivity index (χ4n) is 2.19. The molecule has 1 N–H and O–H groups in total. The number of rotatable bonds is 2. The van der Waals surface area contributed by atoms with E-state index in [0.717, 1.165) is 30.6 Å². The van der Waals surface area contributed by atoms with Crippen LogP contribution in [-0.4, -0.2) is 37.0 Å². The molecule has 3 nitrogen and oxygen atoms in total. The third kappa shape index (κ3) is 2.61. The molecule has 1 amide bonds. The highest BCUT2D eigenvalue weighted by atomic mass is 35.5. The molecule has 1 aromatic carbocycles. The maximum Gasteiger partial charge on any atom is 0.254 e. The molecule has 0 aliphatic carbocycles. The Hall–Kier alpha value is -1.06. The highest BCUT2D eigenvalue weighted by Crippen LogP contribution is 2.18. The fraction of sp³-hybridized carbons (Fsp3) is 0.462. The fourth-order valence-corrected chi connectivity index (χ4v) is 2.42. The molecule has 4 heteroatoms. The summed E-state index contributed by atoms with van der Waals surface area (Å²) in [6.45, 7) is 3.79. The number of carbonyl (C=O) groups is 1. The summed E-state index contributed by atoms with van der Waals surface area (Å²) < 4.78 is 0. The van der Waals surface area contributed by atoms with Gasteiger partial charge in [-0.25, -0.2) is 0 Å². The summed E-state index contributed by atoms with van der Waals surface area (Å²) in [7, 11) is 1.87. The number of carbonyl (C=O) groups excluding carboxylic acids is 1. The van der Waals surface area contributed by atoms with Gasteiger partial charge in [0.15, 0.2) is 0 Å². The number of halogens is 1. The van der Waals surface area contributed by atoms with Gasteiger partial charge in [0.05, 0.1) is 0 Å². The number of amides is 1. The van der Waals surface area contributed by atoms with Crippen molar-refractivity contribution in [3.05, 3.63) is 34.3 Å². The third-order valence-electron chi connectivity index (χ3n) is 3.32. The molecule has 0 aromatic heterocycles. The van der Waals surface area contributed by atoms with E-state index in [1.807, 2.05) is 24.9 Å². The zero-order valence-electron chi connectivity index (χ0n) is 10.2. The van der Waals surface area contributed by atoms with Gasteiger partial charge in [-0.3, -0.25) is 4.79 Å². The first kappa shape index (κ1) is 12.4. The lowest BCUT2D eigenvalue weighted by molar-refractivity contribution is 0.0743. The van der Waals surface area contributed by atoms with Crippen LogP contribution in [0.2, 0.25) is 5.02 Å². The van der Waals surface area contributed by atoms with E-state index < -0.39 is 0 Å². The number of nitrogens with one attached hydrogen (secondary N) is 1. The molecule has 1 aliphatic heterocycles. The predicted octanol–water partition coefficient (Wildman–Crippen LogP) is 2.08. The third-order valence-corrected chi connectivity index (χ3v) is 3.56. The van der Waals surface area contributed by atoms with Crippen molar-refractivity contribution in [1.82, 2.24) is 10.2 Å². The Morgan fingerprint density at radius 2 is 2.29 bits per heavy atom. The average molecular weight is 253 g/mol. The van der Waals surface area contributed by atoms with Gasteiger partial charge in [-0.05, 0) is 43.7 Å². The summed E-state index contributed by atoms with van der Waals surface area (Å²) in [5, 5.41) is 3.94. The van der Waals surface area contributed by atoms with Crippen molar-refractivity contribution in [2.24, 2.45) is 0 Å². The quantitative estimate of drug-likeness (QED) is 0.874. The van der Waals surface area contributed by atoms with Crippen LogP contribution in [0.25, 0.3) is 0 Å². The van der Waals surface area contributed by atoms with Gasteiger partial charge in [-0.1, -0.05) is 11.6 Å². The van der Waals surface area contributed by atoms with Crippen LogP contribution >= 0.6 is 11.6 Å². The monoisotopic (exact) mass is 252 g/mol. The smallest absolute Gasteiger partial charge is 0.254 e. The van der Waals surface area contributed by atoms with Crippen LogP contribution in [0.5, 0.6) is 0 Å². The molecule has 0 spiro atoms. The van der Waals surface area contributed by atoms with E-state index in [0.29, 0.717) is 11.1 Å². The van der Waals surface area contributed by atoms with E-state index in [-0.39, 0.29) is 5.91 Å². The largest absolute Gasteiger partial charge is 0.337 e. The van der Waals surface area contributed by atoms with E-state index >= 15 is 0 Å².